The van der Waals surface area contributed by atoms with E-state index < -0.39 is 0 Å². The van der Waals surface area contributed by atoms with Crippen LogP contribution < -0.4 is 21.1 Å². The van der Waals surface area contributed by atoms with E-state index >= 15 is 0 Å². The third-order valence-electron chi connectivity index (χ3n) is 4.30. The minimum atomic E-state index is -0.339. The fourth-order valence-electron chi connectivity index (χ4n) is 2.78. The number of hydrazine groups is 1. The average Bonchev–Trinajstić information content (AvgIpc) is 2.71. The largest absolute Gasteiger partial charge is 0.356 e. The van der Waals surface area contributed by atoms with Crippen molar-refractivity contribution in [2.75, 3.05) is 27.2 Å². The van der Waals surface area contributed by atoms with E-state index in [9.17, 15) is 9.18 Å². The molecule has 0 saturated carbocycles. The molecule has 29 heavy (non-hydrogen) atoms. The zero-order chi connectivity index (χ0) is 20.8. The Morgan fingerprint density at radius 2 is 1.83 bits per heavy atom. The molecule has 6 nitrogen and oxygen atoms in total. The smallest absolute Gasteiger partial charge is 0.270 e. The number of amides is 1. The number of halogens is 1. The summed E-state index contributed by atoms with van der Waals surface area (Å²) in [5.74, 6) is -0.664. The number of thiocarbonyl (C=S) groups is 1. The monoisotopic (exact) mass is 412 g/mol. The Balaban J connectivity index is 1.81. The number of nitrogens with zero attached hydrogens (tertiary/aromatic N) is 1. The summed E-state index contributed by atoms with van der Waals surface area (Å²) in [6.45, 7) is 1.59. The van der Waals surface area contributed by atoms with E-state index in [4.69, 9.17) is 12.2 Å². The highest BCUT2D eigenvalue weighted by molar-refractivity contribution is 7.80. The number of hydrogen-bond donors (Lipinski definition) is 4. The van der Waals surface area contributed by atoms with Gasteiger partial charge >= 0.3 is 0 Å². The maximum absolute atomic E-state index is 13.3. The molecule has 1 heterocycles. The number of rotatable bonds is 5. The molecule has 2 aromatic carbocycles. The van der Waals surface area contributed by atoms with Crippen molar-refractivity contribution in [3.05, 3.63) is 66.0 Å². The summed E-state index contributed by atoms with van der Waals surface area (Å²) >= 11 is 5.19. The molecule has 1 amide bonds. The van der Waals surface area contributed by atoms with E-state index in [2.05, 4.69) is 21.2 Å². The first-order chi connectivity index (χ1) is 13.9. The molecule has 0 aliphatic rings. The molecule has 3 rings (SSSR count). The van der Waals surface area contributed by atoms with Crippen molar-refractivity contribution in [2.45, 2.75) is 0 Å². The predicted octanol–water partition coefficient (Wildman–Crippen LogP) is 1.29. The van der Waals surface area contributed by atoms with Gasteiger partial charge in [0.2, 0.25) is 0 Å². The lowest BCUT2D eigenvalue weighted by Crippen LogP contribution is -3.06. The van der Waals surface area contributed by atoms with E-state index in [-0.39, 0.29) is 11.7 Å². The van der Waals surface area contributed by atoms with Gasteiger partial charge in [-0.2, -0.15) is 0 Å². The van der Waals surface area contributed by atoms with Crippen LogP contribution in [0.2, 0.25) is 0 Å². The Hall–Kier alpha value is -3.10. The van der Waals surface area contributed by atoms with Crippen LogP contribution in [0.5, 0.6) is 0 Å². The molecule has 3 aromatic rings. The molecule has 0 aliphatic carbocycles. The van der Waals surface area contributed by atoms with E-state index in [1.54, 1.807) is 18.2 Å². The molecular weight excluding hydrogens is 389 g/mol. The molecule has 8 heteroatoms. The lowest BCUT2D eigenvalue weighted by atomic mass is 10.0. The number of likely N-dealkylation sites (N-methyl/N-ethyl adjacent to an activating group) is 1. The molecule has 0 atom stereocenters. The quantitative estimate of drug-likeness (QED) is 0.376. The number of fused-ring (bicyclic) bond motifs is 1. The van der Waals surface area contributed by atoms with Crippen molar-refractivity contribution in [3.8, 4) is 11.3 Å². The van der Waals surface area contributed by atoms with Crippen LogP contribution in [0.15, 0.2) is 54.6 Å². The molecule has 4 N–H and O–H groups in total. The topological polar surface area (TPSA) is 70.5 Å². The highest BCUT2D eigenvalue weighted by Gasteiger charge is 2.14. The molecule has 0 fully saturated rings. The van der Waals surface area contributed by atoms with Crippen LogP contribution >= 0.6 is 12.2 Å². The van der Waals surface area contributed by atoms with Gasteiger partial charge in [0.25, 0.3) is 5.91 Å². The lowest BCUT2D eigenvalue weighted by molar-refractivity contribution is -0.856. The van der Waals surface area contributed by atoms with E-state index in [0.717, 1.165) is 12.1 Å². The summed E-state index contributed by atoms with van der Waals surface area (Å²) in [6.07, 6.45) is 0. The number of para-hydroxylation sites is 1. The van der Waals surface area contributed by atoms with Crippen molar-refractivity contribution >= 4 is 34.1 Å². The summed E-state index contributed by atoms with van der Waals surface area (Å²) in [6, 6.07) is 15.1. The Bertz CT molecular complexity index is 1020. The highest BCUT2D eigenvalue weighted by Crippen LogP contribution is 2.25. The second-order valence-electron chi connectivity index (χ2n) is 6.87. The van der Waals surface area contributed by atoms with Crippen LogP contribution in [0.25, 0.3) is 22.2 Å². The summed E-state index contributed by atoms with van der Waals surface area (Å²) in [7, 11) is 4.10. The van der Waals surface area contributed by atoms with Gasteiger partial charge in [0.15, 0.2) is 5.11 Å². The number of benzene rings is 2. The molecular formula is C21H23FN5OS+. The maximum Gasteiger partial charge on any atom is 0.270 e. The molecule has 0 saturated heterocycles. The van der Waals surface area contributed by atoms with Crippen molar-refractivity contribution in [1.82, 2.24) is 21.2 Å². The summed E-state index contributed by atoms with van der Waals surface area (Å²) in [5.41, 5.74) is 7.79. The average molecular weight is 413 g/mol. The normalized spacial score (nSPS) is 10.8. The SMILES string of the molecule is C[NH+](C)CCNC(=S)NNC(=O)c1cc(-c2ccc(F)cc2)nc2ccccc12. The molecule has 0 unspecified atom stereocenters. The maximum atomic E-state index is 13.3. The van der Waals surface area contributed by atoms with Crippen LogP contribution in [0.1, 0.15) is 10.4 Å². The van der Waals surface area contributed by atoms with Crippen LogP contribution in [-0.2, 0) is 0 Å². The van der Waals surface area contributed by atoms with Crippen molar-refractivity contribution in [1.29, 1.82) is 0 Å². The van der Waals surface area contributed by atoms with Gasteiger partial charge in [-0.1, -0.05) is 18.2 Å². The van der Waals surface area contributed by atoms with Gasteiger partial charge in [0.1, 0.15) is 5.82 Å². The first-order valence-electron chi connectivity index (χ1n) is 9.23. The van der Waals surface area contributed by atoms with Crippen LogP contribution in [0, 0.1) is 5.82 Å². The zero-order valence-electron chi connectivity index (χ0n) is 16.3. The Morgan fingerprint density at radius 3 is 2.55 bits per heavy atom. The van der Waals surface area contributed by atoms with Crippen LogP contribution in [0.4, 0.5) is 4.39 Å². The highest BCUT2D eigenvalue weighted by atomic mass is 32.1. The van der Waals surface area contributed by atoms with Gasteiger partial charge in [-0.3, -0.25) is 15.6 Å². The van der Waals surface area contributed by atoms with Gasteiger partial charge in [0, 0.05) is 10.9 Å². The molecule has 0 radical (unpaired) electrons. The summed E-state index contributed by atoms with van der Waals surface area (Å²) in [4.78, 5) is 18.7. The van der Waals surface area contributed by atoms with E-state index in [1.807, 2.05) is 38.4 Å². The van der Waals surface area contributed by atoms with Gasteiger partial charge in [-0.25, -0.2) is 9.37 Å². The fourth-order valence-corrected chi connectivity index (χ4v) is 2.94. The molecule has 1 aromatic heterocycles. The van der Waals surface area contributed by atoms with Gasteiger partial charge in [0.05, 0.1) is 44.0 Å². The van der Waals surface area contributed by atoms with Crippen LogP contribution in [0.3, 0.4) is 0 Å². The second kappa shape index (κ2) is 9.40. The minimum Gasteiger partial charge on any atom is -0.356 e. The number of quaternary nitrogens is 1. The van der Waals surface area contributed by atoms with Crippen LogP contribution in [-0.4, -0.2) is 43.2 Å². The van der Waals surface area contributed by atoms with Gasteiger partial charge in [-0.15, -0.1) is 0 Å². The number of hydrogen-bond acceptors (Lipinski definition) is 3. The standard InChI is InChI=1S/C21H22FN5OS/c1-27(2)12-11-23-21(29)26-25-20(28)17-13-19(14-7-9-15(22)10-8-14)24-18-6-4-3-5-16(17)18/h3-10,13H,11-12H2,1-2H3,(H,25,28)(H2,23,26,29)/p+1. The molecule has 0 spiro atoms. The summed E-state index contributed by atoms with van der Waals surface area (Å²) in [5, 5.41) is 4.10. The number of aromatic nitrogens is 1. The molecule has 150 valence electrons. The van der Waals surface area contributed by atoms with E-state index in [0.29, 0.717) is 33.8 Å². The third kappa shape index (κ3) is 5.46. The number of carbonyl (C=O) groups is 1. The lowest BCUT2D eigenvalue weighted by Gasteiger charge is -2.14. The fraction of sp³-hybridized carbons (Fsp3) is 0.190. The molecule has 0 bridgehead atoms. The van der Waals surface area contributed by atoms with Gasteiger partial charge in [-0.05, 0) is 48.6 Å². The Kier molecular flexibility index (Phi) is 6.69. The number of pyridine rings is 1. The first kappa shape index (κ1) is 20.6. The first-order valence-corrected chi connectivity index (χ1v) is 9.64. The van der Waals surface area contributed by atoms with Gasteiger partial charge < -0.3 is 10.2 Å². The zero-order valence-corrected chi connectivity index (χ0v) is 17.1. The van der Waals surface area contributed by atoms with Crippen molar-refractivity contribution in [2.24, 2.45) is 0 Å². The van der Waals surface area contributed by atoms with E-state index in [1.165, 1.54) is 17.0 Å². The number of carbonyl (C=O) groups excluding carboxylic acids is 1. The Labute approximate surface area is 174 Å². The Morgan fingerprint density at radius 1 is 1.10 bits per heavy atom. The minimum absolute atomic E-state index is 0.325. The second-order valence-corrected chi connectivity index (χ2v) is 7.28. The van der Waals surface area contributed by atoms with Crippen molar-refractivity contribution in [3.63, 3.8) is 0 Å². The predicted molar refractivity (Wildman–Crippen MR) is 116 cm³/mol. The summed E-state index contributed by atoms with van der Waals surface area (Å²) < 4.78 is 13.3. The van der Waals surface area contributed by atoms with Crippen molar-refractivity contribution < 1.29 is 14.1 Å². The third-order valence-corrected chi connectivity index (χ3v) is 4.55. The number of nitrogens with one attached hydrogen (secondary N) is 4. The molecule has 0 aliphatic heterocycles.